The van der Waals surface area contributed by atoms with Gasteiger partial charge in [-0.05, 0) is 42.5 Å². The maximum atomic E-state index is 12.3. The van der Waals surface area contributed by atoms with Crippen LogP contribution in [0.25, 0.3) is 0 Å². The van der Waals surface area contributed by atoms with Gasteiger partial charge in [0.15, 0.2) is 0 Å². The summed E-state index contributed by atoms with van der Waals surface area (Å²) in [7, 11) is 0. The molecule has 0 bridgehead atoms. The standard InChI is InChI=1S/C15H18N2OS/c1-3-13(14-5-4-8-19-14)17-15(18)12-9-11(16)7-6-10(12)2/h4-9,13H,3,16H2,1-2H3,(H,17,18). The SMILES string of the molecule is CCC(NC(=O)c1cc(N)ccc1C)c1cccs1. The zero-order valence-corrected chi connectivity index (χ0v) is 12.0. The third kappa shape index (κ3) is 3.15. The lowest BCUT2D eigenvalue weighted by Gasteiger charge is -2.16. The molecule has 0 aliphatic rings. The van der Waals surface area contributed by atoms with Gasteiger partial charge in [-0.1, -0.05) is 19.1 Å². The van der Waals surface area contributed by atoms with Gasteiger partial charge in [-0.2, -0.15) is 0 Å². The molecule has 0 spiro atoms. The smallest absolute Gasteiger partial charge is 0.252 e. The first-order valence-electron chi connectivity index (χ1n) is 6.32. The second kappa shape index (κ2) is 5.89. The van der Waals surface area contributed by atoms with Crippen LogP contribution in [0.5, 0.6) is 0 Å². The molecule has 3 nitrogen and oxygen atoms in total. The Labute approximate surface area is 117 Å². The number of anilines is 1. The predicted octanol–water partition coefficient (Wildman–Crippen LogP) is 3.52. The highest BCUT2D eigenvalue weighted by molar-refractivity contribution is 7.10. The number of carbonyl (C=O) groups is 1. The quantitative estimate of drug-likeness (QED) is 0.838. The molecule has 2 aromatic rings. The van der Waals surface area contributed by atoms with Crippen molar-refractivity contribution < 1.29 is 4.79 Å². The van der Waals surface area contributed by atoms with E-state index in [9.17, 15) is 4.79 Å². The molecule has 1 heterocycles. The van der Waals surface area contributed by atoms with E-state index in [-0.39, 0.29) is 11.9 Å². The van der Waals surface area contributed by atoms with Gasteiger partial charge < -0.3 is 11.1 Å². The first-order valence-corrected chi connectivity index (χ1v) is 7.20. The summed E-state index contributed by atoms with van der Waals surface area (Å²) < 4.78 is 0. The van der Waals surface area contributed by atoms with Crippen LogP contribution in [0.1, 0.15) is 40.2 Å². The van der Waals surface area contributed by atoms with Gasteiger partial charge in [0.25, 0.3) is 5.91 Å². The lowest BCUT2D eigenvalue weighted by atomic mass is 10.1. The molecular formula is C15H18N2OS. The van der Waals surface area contributed by atoms with Crippen LogP contribution < -0.4 is 11.1 Å². The molecular weight excluding hydrogens is 256 g/mol. The average molecular weight is 274 g/mol. The van der Waals surface area contributed by atoms with E-state index >= 15 is 0 Å². The van der Waals surface area contributed by atoms with E-state index in [4.69, 9.17) is 5.73 Å². The van der Waals surface area contributed by atoms with Gasteiger partial charge in [-0.3, -0.25) is 4.79 Å². The van der Waals surface area contributed by atoms with Gasteiger partial charge in [-0.25, -0.2) is 0 Å². The largest absolute Gasteiger partial charge is 0.399 e. The fourth-order valence-corrected chi connectivity index (χ4v) is 2.85. The third-order valence-electron chi connectivity index (χ3n) is 3.11. The van der Waals surface area contributed by atoms with Crippen LogP contribution in [0.4, 0.5) is 5.69 Å². The summed E-state index contributed by atoms with van der Waals surface area (Å²) in [6, 6.07) is 9.52. The molecule has 0 saturated heterocycles. The molecule has 1 atom stereocenters. The molecule has 1 unspecified atom stereocenters. The van der Waals surface area contributed by atoms with Crippen molar-refractivity contribution in [3.63, 3.8) is 0 Å². The Kier molecular flexibility index (Phi) is 4.22. The Bertz CT molecular complexity index is 564. The number of hydrogen-bond donors (Lipinski definition) is 2. The minimum absolute atomic E-state index is 0.0633. The van der Waals surface area contributed by atoms with Crippen LogP contribution in [0.15, 0.2) is 35.7 Å². The molecule has 2 rings (SSSR count). The van der Waals surface area contributed by atoms with E-state index in [1.165, 1.54) is 4.88 Å². The minimum atomic E-state index is -0.0648. The molecule has 0 aliphatic carbocycles. The number of aryl methyl sites for hydroxylation is 1. The molecule has 1 aromatic carbocycles. The number of carbonyl (C=O) groups excluding carboxylic acids is 1. The maximum Gasteiger partial charge on any atom is 0.252 e. The fourth-order valence-electron chi connectivity index (χ4n) is 1.98. The Morgan fingerprint density at radius 2 is 2.21 bits per heavy atom. The number of rotatable bonds is 4. The second-order valence-corrected chi connectivity index (χ2v) is 5.50. The van der Waals surface area contributed by atoms with Gasteiger partial charge in [0.2, 0.25) is 0 Å². The van der Waals surface area contributed by atoms with Crippen LogP contribution in [-0.4, -0.2) is 5.91 Å². The van der Waals surface area contributed by atoms with Crippen LogP contribution in [0, 0.1) is 6.92 Å². The first kappa shape index (κ1) is 13.6. The minimum Gasteiger partial charge on any atom is -0.399 e. The van der Waals surface area contributed by atoms with E-state index in [0.717, 1.165) is 12.0 Å². The number of amides is 1. The summed E-state index contributed by atoms with van der Waals surface area (Å²) in [6.07, 6.45) is 0.869. The highest BCUT2D eigenvalue weighted by Crippen LogP contribution is 2.22. The number of nitrogen functional groups attached to an aromatic ring is 1. The number of hydrogen-bond acceptors (Lipinski definition) is 3. The Balaban J connectivity index is 2.18. The van der Waals surface area contributed by atoms with E-state index in [2.05, 4.69) is 12.2 Å². The van der Waals surface area contributed by atoms with Crippen LogP contribution in [0.2, 0.25) is 0 Å². The average Bonchev–Trinajstić information content (AvgIpc) is 2.92. The molecule has 0 aliphatic heterocycles. The lowest BCUT2D eigenvalue weighted by Crippen LogP contribution is -2.28. The van der Waals surface area contributed by atoms with Crippen molar-refractivity contribution in [2.24, 2.45) is 0 Å². The number of nitrogens with one attached hydrogen (secondary N) is 1. The molecule has 0 radical (unpaired) electrons. The monoisotopic (exact) mass is 274 g/mol. The van der Waals surface area contributed by atoms with Crippen LogP contribution in [-0.2, 0) is 0 Å². The highest BCUT2D eigenvalue weighted by Gasteiger charge is 2.16. The third-order valence-corrected chi connectivity index (χ3v) is 4.09. The van der Waals surface area contributed by atoms with Gasteiger partial charge in [0.1, 0.15) is 0 Å². The molecule has 1 aromatic heterocycles. The van der Waals surface area contributed by atoms with Gasteiger partial charge in [-0.15, -0.1) is 11.3 Å². The van der Waals surface area contributed by atoms with Crippen molar-refractivity contribution in [2.75, 3.05) is 5.73 Å². The highest BCUT2D eigenvalue weighted by atomic mass is 32.1. The van der Waals surface area contributed by atoms with Crippen molar-refractivity contribution in [3.05, 3.63) is 51.7 Å². The number of nitrogens with two attached hydrogens (primary N) is 1. The summed E-state index contributed by atoms with van der Waals surface area (Å²) in [6.45, 7) is 3.98. The molecule has 19 heavy (non-hydrogen) atoms. The Morgan fingerprint density at radius 3 is 2.84 bits per heavy atom. The fraction of sp³-hybridized carbons (Fsp3) is 0.267. The molecule has 4 heteroatoms. The summed E-state index contributed by atoms with van der Waals surface area (Å²) in [4.78, 5) is 13.5. The zero-order chi connectivity index (χ0) is 13.8. The van der Waals surface area contributed by atoms with Crippen molar-refractivity contribution in [2.45, 2.75) is 26.3 Å². The molecule has 0 fully saturated rings. The number of thiophene rings is 1. The summed E-state index contributed by atoms with van der Waals surface area (Å²) >= 11 is 1.66. The summed E-state index contributed by atoms with van der Waals surface area (Å²) in [5, 5.41) is 5.09. The van der Waals surface area contributed by atoms with E-state index in [1.807, 2.05) is 36.6 Å². The van der Waals surface area contributed by atoms with Crippen molar-refractivity contribution in [1.82, 2.24) is 5.32 Å². The van der Waals surface area contributed by atoms with Gasteiger partial charge in [0, 0.05) is 16.1 Å². The Morgan fingerprint density at radius 1 is 1.42 bits per heavy atom. The normalized spacial score (nSPS) is 12.1. The Hall–Kier alpha value is -1.81. The van der Waals surface area contributed by atoms with Crippen molar-refractivity contribution in [3.8, 4) is 0 Å². The van der Waals surface area contributed by atoms with E-state index in [0.29, 0.717) is 11.3 Å². The molecule has 100 valence electrons. The predicted molar refractivity (Wildman–Crippen MR) is 80.4 cm³/mol. The van der Waals surface area contributed by atoms with E-state index in [1.54, 1.807) is 17.4 Å². The lowest BCUT2D eigenvalue weighted by molar-refractivity contribution is 0.0935. The molecule has 1 amide bonds. The molecule has 0 saturated carbocycles. The summed E-state index contributed by atoms with van der Waals surface area (Å²) in [5.41, 5.74) is 7.94. The maximum absolute atomic E-state index is 12.3. The summed E-state index contributed by atoms with van der Waals surface area (Å²) in [5.74, 6) is -0.0648. The van der Waals surface area contributed by atoms with E-state index < -0.39 is 0 Å². The van der Waals surface area contributed by atoms with Crippen molar-refractivity contribution in [1.29, 1.82) is 0 Å². The van der Waals surface area contributed by atoms with Crippen LogP contribution in [0.3, 0.4) is 0 Å². The molecule has 3 N–H and O–H groups in total. The van der Waals surface area contributed by atoms with Crippen molar-refractivity contribution >= 4 is 22.9 Å². The number of benzene rings is 1. The zero-order valence-electron chi connectivity index (χ0n) is 11.1. The first-order chi connectivity index (χ1) is 9.11. The topological polar surface area (TPSA) is 55.1 Å². The second-order valence-electron chi connectivity index (χ2n) is 4.52. The van der Waals surface area contributed by atoms with Gasteiger partial charge >= 0.3 is 0 Å². The van der Waals surface area contributed by atoms with Gasteiger partial charge in [0.05, 0.1) is 6.04 Å². The van der Waals surface area contributed by atoms with Crippen LogP contribution >= 0.6 is 11.3 Å².